The molecule has 0 fully saturated rings. The van der Waals surface area contributed by atoms with Crippen molar-refractivity contribution in [1.82, 2.24) is 0 Å². The van der Waals surface area contributed by atoms with Gasteiger partial charge in [-0.25, -0.2) is 0 Å². The summed E-state index contributed by atoms with van der Waals surface area (Å²) in [6.07, 6.45) is 0. The molecule has 0 heterocycles. The zero-order valence-electron chi connectivity index (χ0n) is 2.01. The van der Waals surface area contributed by atoms with Crippen LogP contribution in [-0.2, 0) is 33.7 Å². The Morgan fingerprint density at radius 3 is 1.33 bits per heavy atom. The van der Waals surface area contributed by atoms with Crippen molar-refractivity contribution >= 4 is 30.2 Å². The Morgan fingerprint density at radius 2 is 1.33 bits per heavy atom. The minimum atomic E-state index is -2.61. The van der Waals surface area contributed by atoms with E-state index in [1.807, 2.05) is 0 Å². The third kappa shape index (κ3) is 53.0. The topological polar surface area (TPSA) is 57.5 Å². The normalized spacial score (nSPS) is 5.83. The second kappa shape index (κ2) is 9.64. The molecule has 0 aromatic rings. The summed E-state index contributed by atoms with van der Waals surface area (Å²) in [6, 6.07) is 0. The van der Waals surface area contributed by atoms with Crippen LogP contribution in [-0.4, -0.2) is 32.2 Å². The molecule has 1 radical (unpaired) electrons. The summed E-state index contributed by atoms with van der Waals surface area (Å²) < 4.78 is 22.8. The van der Waals surface area contributed by atoms with Gasteiger partial charge in [-0.2, -0.15) is 4.21 Å². The third-order valence-corrected chi connectivity index (χ3v) is 0. The average Bonchev–Trinajstić information content (AvgIpc) is 0.811. The fourth-order valence-corrected chi connectivity index (χ4v) is 0. The van der Waals surface area contributed by atoms with Crippen LogP contribution in [0.1, 0.15) is 0 Å². The molecule has 2 N–H and O–H groups in total. The monoisotopic (exact) mass is 287 g/mol. The molecule has 6 heteroatoms. The average molecular weight is 287 g/mol. The van der Waals surface area contributed by atoms with Gasteiger partial charge in [-0.15, -0.1) is 0 Å². The molecule has 0 spiro atoms. The van der Waals surface area contributed by atoms with E-state index in [-0.39, 0.29) is 41.2 Å². The summed E-state index contributed by atoms with van der Waals surface area (Å²) in [5, 5.41) is 0. The van der Waals surface area contributed by atoms with E-state index in [0.717, 1.165) is 0 Å². The quantitative estimate of drug-likeness (QED) is 0.445. The van der Waals surface area contributed by atoms with Crippen LogP contribution in [0.15, 0.2) is 0 Å². The molecule has 3 nitrogen and oxygen atoms in total. The van der Waals surface area contributed by atoms with Gasteiger partial charge < -0.3 is 0 Å². The molecule has 0 saturated carbocycles. The van der Waals surface area contributed by atoms with Crippen LogP contribution in [0.3, 0.4) is 0 Å². The second-order valence-electron chi connectivity index (χ2n) is 0.231. The first-order chi connectivity index (χ1) is 1.73. The molecule has 0 aliphatic rings. The van der Waals surface area contributed by atoms with Crippen molar-refractivity contribution in [1.29, 1.82) is 0 Å². The molecule has 0 unspecified atom stereocenters. The number of hydrogen-bond acceptors (Lipinski definition) is 1. The van der Waals surface area contributed by atoms with Crippen LogP contribution in [0, 0.1) is 0 Å². The van der Waals surface area contributed by atoms with Gasteiger partial charge in [-0.1, -0.05) is 0 Å². The van der Waals surface area contributed by atoms with Crippen molar-refractivity contribution < 1.29 is 35.7 Å². The van der Waals surface area contributed by atoms with Gasteiger partial charge in [0, 0.05) is 22.4 Å². The van der Waals surface area contributed by atoms with E-state index in [1.54, 1.807) is 0 Å². The maximum atomic E-state index is 8.67. The molecule has 0 aromatic carbocycles. The Bertz CT molecular complexity index is 33.8. The molecule has 0 atom stereocenters. The molecule has 39 valence electrons. The molecule has 0 aromatic heterocycles. The van der Waals surface area contributed by atoms with Crippen molar-refractivity contribution in [2.45, 2.75) is 0 Å². The minimum absolute atomic E-state index is 0. The van der Waals surface area contributed by atoms with Gasteiger partial charge in [-0.3, -0.25) is 9.11 Å². The standard InChI is InChI=1S/Au.Li.H2O3S.H/c;;1-4(2)3;/h;;(H2,1,2,3);. The molecule has 0 saturated heterocycles. The summed E-state index contributed by atoms with van der Waals surface area (Å²) in [5.74, 6) is 0. The van der Waals surface area contributed by atoms with Gasteiger partial charge in [0.1, 0.15) is 0 Å². The van der Waals surface area contributed by atoms with E-state index in [0.29, 0.717) is 0 Å². The first-order valence-electron chi connectivity index (χ1n) is 0.532. The Hall–Kier alpha value is 1.41. The van der Waals surface area contributed by atoms with Crippen LogP contribution in [0.5, 0.6) is 0 Å². The number of hydrogen-bond donors (Lipinski definition) is 2. The molecule has 0 rings (SSSR count). The first kappa shape index (κ1) is 15.7. The Morgan fingerprint density at radius 1 is 1.33 bits per heavy atom. The van der Waals surface area contributed by atoms with Gasteiger partial charge >= 0.3 is 18.9 Å². The van der Waals surface area contributed by atoms with Crippen molar-refractivity contribution in [2.24, 2.45) is 0 Å². The van der Waals surface area contributed by atoms with Gasteiger partial charge in [0.05, 0.1) is 0 Å². The van der Waals surface area contributed by atoms with E-state index in [1.165, 1.54) is 0 Å². The molecule has 0 aliphatic carbocycles. The fourth-order valence-electron chi connectivity index (χ4n) is 0. The SMILES string of the molecule is O=S(O)O.[Au].[LiH]. The van der Waals surface area contributed by atoms with Crippen LogP contribution in [0.25, 0.3) is 0 Å². The predicted molar refractivity (Wildman–Crippen MR) is 20.5 cm³/mol. The predicted octanol–water partition coefficient (Wildman–Crippen LogP) is -0.970. The summed E-state index contributed by atoms with van der Waals surface area (Å²) in [4.78, 5) is 0. The van der Waals surface area contributed by atoms with Crippen molar-refractivity contribution in [3.8, 4) is 0 Å². The van der Waals surface area contributed by atoms with Crippen LogP contribution >= 0.6 is 0 Å². The third-order valence-electron chi connectivity index (χ3n) is 0. The van der Waals surface area contributed by atoms with E-state index in [4.69, 9.17) is 13.3 Å². The van der Waals surface area contributed by atoms with Crippen molar-refractivity contribution in [3.63, 3.8) is 0 Å². The molecule has 0 aliphatic heterocycles. The Labute approximate surface area is 65.7 Å². The Kier molecular flexibility index (Phi) is 25.2. The fraction of sp³-hybridized carbons (Fsp3) is 0. The van der Waals surface area contributed by atoms with Gasteiger partial charge in [-0.05, 0) is 0 Å². The van der Waals surface area contributed by atoms with Crippen molar-refractivity contribution in [3.05, 3.63) is 0 Å². The van der Waals surface area contributed by atoms with E-state index in [2.05, 4.69) is 0 Å². The van der Waals surface area contributed by atoms with E-state index < -0.39 is 11.4 Å². The Balaban J connectivity index is -0.0000000450. The van der Waals surface area contributed by atoms with E-state index >= 15 is 0 Å². The molecular weight excluding hydrogens is 284 g/mol. The first-order valence-corrected chi connectivity index (χ1v) is 1.60. The number of rotatable bonds is 0. The maximum absolute atomic E-state index is 8.67. The molecule has 0 bridgehead atoms. The van der Waals surface area contributed by atoms with Gasteiger partial charge in [0.15, 0.2) is 0 Å². The van der Waals surface area contributed by atoms with Crippen molar-refractivity contribution in [2.75, 3.05) is 0 Å². The van der Waals surface area contributed by atoms with Crippen LogP contribution < -0.4 is 0 Å². The van der Waals surface area contributed by atoms with Gasteiger partial charge in [0.25, 0.3) is 11.4 Å². The second-order valence-corrected chi connectivity index (χ2v) is 0.692. The van der Waals surface area contributed by atoms with E-state index in [9.17, 15) is 0 Å². The molecule has 0 amide bonds. The summed E-state index contributed by atoms with van der Waals surface area (Å²) in [7, 11) is 0. The van der Waals surface area contributed by atoms with Crippen LogP contribution in [0.4, 0.5) is 0 Å². The summed E-state index contributed by atoms with van der Waals surface area (Å²) in [5.41, 5.74) is 0. The van der Waals surface area contributed by atoms with Crippen LogP contribution in [0.2, 0.25) is 0 Å². The zero-order chi connectivity index (χ0) is 3.58. The van der Waals surface area contributed by atoms with Gasteiger partial charge in [0.2, 0.25) is 0 Å². The zero-order valence-corrected chi connectivity index (χ0v) is 5.00. The summed E-state index contributed by atoms with van der Waals surface area (Å²) in [6.45, 7) is 0. The molecular formula is H3AuLiO3S. The summed E-state index contributed by atoms with van der Waals surface area (Å²) >= 11 is -2.61. The molecule has 6 heavy (non-hydrogen) atoms.